The molecule has 1 aliphatic heterocycles. The molecule has 1 atom stereocenters. The minimum absolute atomic E-state index is 0.169. The van der Waals surface area contributed by atoms with Gasteiger partial charge in [0.15, 0.2) is 0 Å². The van der Waals surface area contributed by atoms with Crippen molar-refractivity contribution in [3.8, 4) is 0 Å². The number of carbonyl (C=O) groups is 2. The fourth-order valence-electron chi connectivity index (χ4n) is 3.06. The molecule has 2 aromatic rings. The number of hydrogen-bond acceptors (Lipinski definition) is 4. The zero-order valence-electron chi connectivity index (χ0n) is 14.5. The number of benzene rings is 1. The molecular formula is C18H21BrN4O3. The van der Waals surface area contributed by atoms with E-state index in [1.165, 1.54) is 23.4 Å². The minimum Gasteiger partial charge on any atom is -0.480 e. The molecule has 1 unspecified atom stereocenters. The number of piperazine rings is 1. The van der Waals surface area contributed by atoms with Crippen molar-refractivity contribution in [2.45, 2.75) is 19.5 Å². The Morgan fingerprint density at radius 2 is 1.96 bits per heavy atom. The summed E-state index contributed by atoms with van der Waals surface area (Å²) in [6.45, 7) is 5.14. The van der Waals surface area contributed by atoms with E-state index in [4.69, 9.17) is 5.11 Å². The Hall–Kier alpha value is -2.19. The first-order valence-electron chi connectivity index (χ1n) is 8.48. The summed E-state index contributed by atoms with van der Waals surface area (Å²) < 4.78 is 2.34. The lowest BCUT2D eigenvalue weighted by atomic mass is 10.2. The average molecular weight is 421 g/mol. The molecule has 2 heterocycles. The highest BCUT2D eigenvalue weighted by molar-refractivity contribution is 9.10. The van der Waals surface area contributed by atoms with Crippen LogP contribution in [0.5, 0.6) is 0 Å². The summed E-state index contributed by atoms with van der Waals surface area (Å²) in [6, 6.07) is 8.92. The normalized spacial score (nSPS) is 16.5. The predicted molar refractivity (Wildman–Crippen MR) is 99.9 cm³/mol. The number of carbonyl (C=O) groups excluding carboxylic acids is 1. The molecule has 26 heavy (non-hydrogen) atoms. The Morgan fingerprint density at radius 1 is 1.23 bits per heavy atom. The van der Waals surface area contributed by atoms with Crippen molar-refractivity contribution < 1.29 is 14.7 Å². The third kappa shape index (κ3) is 4.13. The van der Waals surface area contributed by atoms with E-state index in [0.717, 1.165) is 24.1 Å². The zero-order valence-corrected chi connectivity index (χ0v) is 16.1. The summed E-state index contributed by atoms with van der Waals surface area (Å²) in [5.74, 6) is -1.18. The Kier molecular flexibility index (Phi) is 5.73. The van der Waals surface area contributed by atoms with E-state index < -0.39 is 12.0 Å². The van der Waals surface area contributed by atoms with E-state index in [2.05, 4.69) is 38.1 Å². The molecule has 0 spiro atoms. The summed E-state index contributed by atoms with van der Waals surface area (Å²) in [5.41, 5.74) is 1.55. The number of aromatic nitrogens is 2. The van der Waals surface area contributed by atoms with Gasteiger partial charge in [0, 0.05) is 43.4 Å². The van der Waals surface area contributed by atoms with E-state index in [1.807, 2.05) is 12.1 Å². The van der Waals surface area contributed by atoms with Crippen LogP contribution >= 0.6 is 15.9 Å². The highest BCUT2D eigenvalue weighted by Crippen LogP contribution is 2.16. The maximum Gasteiger partial charge on any atom is 0.328 e. The molecule has 1 N–H and O–H groups in total. The van der Waals surface area contributed by atoms with Crippen molar-refractivity contribution >= 4 is 27.8 Å². The summed E-state index contributed by atoms with van der Waals surface area (Å²) >= 11 is 3.48. The van der Waals surface area contributed by atoms with Crippen LogP contribution in [0.4, 0.5) is 0 Å². The third-order valence-electron chi connectivity index (χ3n) is 4.57. The maximum atomic E-state index is 12.8. The summed E-state index contributed by atoms with van der Waals surface area (Å²) in [5, 5.41) is 13.2. The Morgan fingerprint density at radius 3 is 2.62 bits per heavy atom. The summed E-state index contributed by atoms with van der Waals surface area (Å²) in [4.78, 5) is 28.0. The van der Waals surface area contributed by atoms with Crippen LogP contribution in [0.25, 0.3) is 0 Å². The second-order valence-electron chi connectivity index (χ2n) is 6.37. The van der Waals surface area contributed by atoms with Crippen LogP contribution in [0.2, 0.25) is 0 Å². The highest BCUT2D eigenvalue weighted by atomic mass is 79.9. The Labute approximate surface area is 160 Å². The Bertz CT molecular complexity index is 799. The molecule has 1 aliphatic rings. The van der Waals surface area contributed by atoms with Gasteiger partial charge in [0.2, 0.25) is 0 Å². The van der Waals surface area contributed by atoms with Crippen LogP contribution in [0, 0.1) is 0 Å². The molecule has 1 fully saturated rings. The lowest BCUT2D eigenvalue weighted by molar-refractivity contribution is -0.140. The molecule has 0 saturated carbocycles. The second-order valence-corrected chi connectivity index (χ2v) is 7.29. The van der Waals surface area contributed by atoms with Crippen LogP contribution in [-0.2, 0) is 11.3 Å². The first kappa shape index (κ1) is 18.6. The number of hydrogen-bond donors (Lipinski definition) is 1. The molecule has 7 nitrogen and oxygen atoms in total. The molecule has 3 rings (SSSR count). The topological polar surface area (TPSA) is 78.7 Å². The standard InChI is InChI=1S/C18H21BrN4O3/c1-13(18(25)26)23-16(5-6-20-23)17(24)22-9-7-21(8-10-22)12-14-3-2-4-15(19)11-14/h2-6,11,13H,7-10,12H2,1H3,(H,25,26). The van der Waals surface area contributed by atoms with Crippen molar-refractivity contribution in [2.75, 3.05) is 26.2 Å². The van der Waals surface area contributed by atoms with Crippen molar-refractivity contribution in [1.29, 1.82) is 0 Å². The van der Waals surface area contributed by atoms with Gasteiger partial charge in [-0.1, -0.05) is 28.1 Å². The molecule has 0 bridgehead atoms. The highest BCUT2D eigenvalue weighted by Gasteiger charge is 2.27. The van der Waals surface area contributed by atoms with Gasteiger partial charge in [0.05, 0.1) is 0 Å². The molecule has 1 aromatic heterocycles. The largest absolute Gasteiger partial charge is 0.480 e. The van der Waals surface area contributed by atoms with Gasteiger partial charge in [-0.2, -0.15) is 5.10 Å². The molecular weight excluding hydrogens is 400 g/mol. The van der Waals surface area contributed by atoms with Gasteiger partial charge in [-0.15, -0.1) is 0 Å². The Balaban J connectivity index is 1.61. The van der Waals surface area contributed by atoms with Crippen LogP contribution in [0.3, 0.4) is 0 Å². The third-order valence-corrected chi connectivity index (χ3v) is 5.06. The van der Waals surface area contributed by atoms with Gasteiger partial charge >= 0.3 is 5.97 Å². The smallest absolute Gasteiger partial charge is 0.328 e. The first-order chi connectivity index (χ1) is 12.5. The van der Waals surface area contributed by atoms with Crippen molar-refractivity contribution in [3.05, 3.63) is 52.3 Å². The van der Waals surface area contributed by atoms with Crippen molar-refractivity contribution in [2.24, 2.45) is 0 Å². The SMILES string of the molecule is CC(C(=O)O)n1nccc1C(=O)N1CCN(Cc2cccc(Br)c2)CC1. The zero-order chi connectivity index (χ0) is 18.7. The van der Waals surface area contributed by atoms with E-state index >= 15 is 0 Å². The van der Waals surface area contributed by atoms with Gasteiger partial charge in [0.1, 0.15) is 11.7 Å². The molecule has 1 aromatic carbocycles. The van der Waals surface area contributed by atoms with Crippen molar-refractivity contribution in [3.63, 3.8) is 0 Å². The lowest BCUT2D eigenvalue weighted by Gasteiger charge is -2.34. The number of carboxylic acids is 1. The van der Waals surface area contributed by atoms with Gasteiger partial charge in [-0.25, -0.2) is 9.48 Å². The number of rotatable bonds is 5. The van der Waals surface area contributed by atoms with E-state index in [1.54, 1.807) is 11.0 Å². The molecule has 8 heteroatoms. The summed E-state index contributed by atoms with van der Waals surface area (Å²) in [6.07, 6.45) is 1.47. The molecule has 1 saturated heterocycles. The fraction of sp³-hybridized carbons (Fsp3) is 0.389. The van der Waals surface area contributed by atoms with Gasteiger partial charge < -0.3 is 10.0 Å². The molecule has 138 valence electrons. The predicted octanol–water partition coefficient (Wildman–Crippen LogP) is 2.25. The number of aliphatic carboxylic acids is 1. The maximum absolute atomic E-state index is 12.8. The number of amides is 1. The number of carboxylic acid groups (broad SMARTS) is 1. The van der Waals surface area contributed by atoms with Crippen LogP contribution in [0.1, 0.15) is 29.0 Å². The summed E-state index contributed by atoms with van der Waals surface area (Å²) in [7, 11) is 0. The van der Waals surface area contributed by atoms with Gasteiger partial charge in [0.25, 0.3) is 5.91 Å². The van der Waals surface area contributed by atoms with E-state index in [0.29, 0.717) is 18.8 Å². The molecule has 0 aliphatic carbocycles. The molecule has 0 radical (unpaired) electrons. The quantitative estimate of drug-likeness (QED) is 0.802. The van der Waals surface area contributed by atoms with E-state index in [-0.39, 0.29) is 5.91 Å². The van der Waals surface area contributed by atoms with E-state index in [9.17, 15) is 9.59 Å². The fourth-order valence-corrected chi connectivity index (χ4v) is 3.51. The average Bonchev–Trinajstić information content (AvgIpc) is 3.10. The molecule has 1 amide bonds. The lowest BCUT2D eigenvalue weighted by Crippen LogP contribution is -2.48. The van der Waals surface area contributed by atoms with Gasteiger partial charge in [-0.05, 0) is 30.7 Å². The first-order valence-corrected chi connectivity index (χ1v) is 9.27. The number of nitrogens with zero attached hydrogens (tertiary/aromatic N) is 4. The second kappa shape index (κ2) is 8.01. The van der Waals surface area contributed by atoms with Crippen LogP contribution < -0.4 is 0 Å². The van der Waals surface area contributed by atoms with Crippen LogP contribution in [-0.4, -0.2) is 62.7 Å². The minimum atomic E-state index is -1.01. The van der Waals surface area contributed by atoms with Crippen molar-refractivity contribution in [1.82, 2.24) is 19.6 Å². The van der Waals surface area contributed by atoms with Crippen LogP contribution in [0.15, 0.2) is 41.0 Å². The van der Waals surface area contributed by atoms with Gasteiger partial charge in [-0.3, -0.25) is 9.69 Å². The monoisotopic (exact) mass is 420 g/mol. The number of halogens is 1.